The average molecular weight is 359 g/mol. The SMILES string of the molecule is CC1(N2CCN(c3ccc(B4OC(C)(C)C(C)(C)O4)cn3)CC2)COC1. The van der Waals surface area contributed by atoms with Crippen molar-refractivity contribution in [1.82, 2.24) is 9.88 Å². The van der Waals surface area contributed by atoms with Crippen LogP contribution in [-0.4, -0.2) is 73.1 Å². The molecule has 26 heavy (non-hydrogen) atoms. The van der Waals surface area contributed by atoms with Crippen LogP contribution in [0.5, 0.6) is 0 Å². The van der Waals surface area contributed by atoms with Crippen molar-refractivity contribution in [2.75, 3.05) is 44.3 Å². The molecule has 4 rings (SSSR count). The molecule has 7 heteroatoms. The maximum atomic E-state index is 6.11. The van der Waals surface area contributed by atoms with Gasteiger partial charge in [-0.2, -0.15) is 0 Å². The lowest BCUT2D eigenvalue weighted by Crippen LogP contribution is -2.64. The Hall–Kier alpha value is -1.15. The molecule has 0 aromatic carbocycles. The predicted octanol–water partition coefficient (Wildman–Crippen LogP) is 1.29. The van der Waals surface area contributed by atoms with Gasteiger partial charge >= 0.3 is 7.12 Å². The first-order valence-corrected chi connectivity index (χ1v) is 9.60. The molecule has 0 unspecified atom stereocenters. The molecule has 3 fully saturated rings. The summed E-state index contributed by atoms with van der Waals surface area (Å²) in [7, 11) is -0.350. The van der Waals surface area contributed by atoms with Gasteiger partial charge in [0.25, 0.3) is 0 Å². The van der Waals surface area contributed by atoms with Crippen molar-refractivity contribution >= 4 is 18.4 Å². The standard InChI is InChI=1S/C19H30BN3O3/c1-17(2)18(3,4)26-20(25-17)15-6-7-16(21-12-15)22-8-10-23(11-9-22)19(5)13-24-14-19/h6-7,12H,8-11,13-14H2,1-5H3. The summed E-state index contributed by atoms with van der Waals surface area (Å²) >= 11 is 0. The highest BCUT2D eigenvalue weighted by atomic mass is 16.7. The van der Waals surface area contributed by atoms with Gasteiger partial charge in [-0.25, -0.2) is 4.98 Å². The molecule has 0 amide bonds. The van der Waals surface area contributed by atoms with Gasteiger partial charge in [-0.05, 0) is 40.7 Å². The fourth-order valence-electron chi connectivity index (χ4n) is 3.76. The van der Waals surface area contributed by atoms with Crippen molar-refractivity contribution in [3.63, 3.8) is 0 Å². The molecule has 3 aliphatic heterocycles. The van der Waals surface area contributed by atoms with Crippen molar-refractivity contribution in [2.45, 2.75) is 51.4 Å². The average Bonchev–Trinajstić information content (AvgIpc) is 2.81. The van der Waals surface area contributed by atoms with Crippen molar-refractivity contribution in [2.24, 2.45) is 0 Å². The van der Waals surface area contributed by atoms with Gasteiger partial charge in [0.05, 0.1) is 30.0 Å². The molecular formula is C19H30BN3O3. The summed E-state index contributed by atoms with van der Waals surface area (Å²) in [6.45, 7) is 16.4. The van der Waals surface area contributed by atoms with Crippen LogP contribution in [0.1, 0.15) is 34.6 Å². The number of nitrogens with zero attached hydrogens (tertiary/aromatic N) is 3. The summed E-state index contributed by atoms with van der Waals surface area (Å²) in [4.78, 5) is 9.59. The zero-order valence-electron chi connectivity index (χ0n) is 16.6. The summed E-state index contributed by atoms with van der Waals surface area (Å²) in [6.07, 6.45) is 1.89. The molecular weight excluding hydrogens is 329 g/mol. The molecule has 6 nitrogen and oxygen atoms in total. The molecule has 3 aliphatic rings. The van der Waals surface area contributed by atoms with Crippen LogP contribution in [0.25, 0.3) is 0 Å². The summed E-state index contributed by atoms with van der Waals surface area (Å²) < 4.78 is 17.6. The Bertz CT molecular complexity index is 636. The number of piperazine rings is 1. The third-order valence-corrected chi connectivity index (χ3v) is 6.49. The number of ether oxygens (including phenoxy) is 1. The summed E-state index contributed by atoms with van der Waals surface area (Å²) in [5.74, 6) is 1.03. The van der Waals surface area contributed by atoms with E-state index in [1.807, 2.05) is 6.20 Å². The minimum atomic E-state index is -0.350. The second kappa shape index (κ2) is 6.19. The monoisotopic (exact) mass is 359 g/mol. The smallest absolute Gasteiger partial charge is 0.399 e. The lowest BCUT2D eigenvalue weighted by molar-refractivity contribution is -0.131. The Morgan fingerprint density at radius 2 is 1.54 bits per heavy atom. The molecule has 0 N–H and O–H groups in total. The van der Waals surface area contributed by atoms with E-state index < -0.39 is 0 Å². The Labute approximate surface area is 156 Å². The molecule has 0 aliphatic carbocycles. The van der Waals surface area contributed by atoms with Gasteiger partial charge in [0.2, 0.25) is 0 Å². The van der Waals surface area contributed by atoms with E-state index >= 15 is 0 Å². The number of rotatable bonds is 3. The van der Waals surface area contributed by atoms with Crippen molar-refractivity contribution < 1.29 is 14.0 Å². The van der Waals surface area contributed by atoms with Crippen LogP contribution in [0.2, 0.25) is 0 Å². The highest BCUT2D eigenvalue weighted by Gasteiger charge is 2.51. The van der Waals surface area contributed by atoms with E-state index in [1.165, 1.54) is 0 Å². The lowest BCUT2D eigenvalue weighted by Gasteiger charge is -2.50. The molecule has 1 aromatic heterocycles. The molecule has 4 heterocycles. The maximum Gasteiger partial charge on any atom is 0.496 e. The number of hydrogen-bond donors (Lipinski definition) is 0. The van der Waals surface area contributed by atoms with Crippen LogP contribution in [0.15, 0.2) is 18.3 Å². The van der Waals surface area contributed by atoms with E-state index in [-0.39, 0.29) is 23.9 Å². The highest BCUT2D eigenvalue weighted by Crippen LogP contribution is 2.36. The predicted molar refractivity (Wildman–Crippen MR) is 103 cm³/mol. The number of hydrogen-bond acceptors (Lipinski definition) is 6. The van der Waals surface area contributed by atoms with Gasteiger partial charge < -0.3 is 18.9 Å². The zero-order valence-corrected chi connectivity index (χ0v) is 16.6. The van der Waals surface area contributed by atoms with Crippen LogP contribution in [-0.2, 0) is 14.0 Å². The fourth-order valence-corrected chi connectivity index (χ4v) is 3.76. The quantitative estimate of drug-likeness (QED) is 0.758. The van der Waals surface area contributed by atoms with Crippen LogP contribution in [0, 0.1) is 0 Å². The number of aromatic nitrogens is 1. The van der Waals surface area contributed by atoms with E-state index in [4.69, 9.17) is 14.0 Å². The van der Waals surface area contributed by atoms with E-state index in [9.17, 15) is 0 Å². The van der Waals surface area contributed by atoms with Gasteiger partial charge in [-0.3, -0.25) is 4.90 Å². The van der Waals surface area contributed by atoms with E-state index in [0.29, 0.717) is 0 Å². The van der Waals surface area contributed by atoms with Crippen molar-refractivity contribution in [3.05, 3.63) is 18.3 Å². The van der Waals surface area contributed by atoms with Gasteiger partial charge in [0, 0.05) is 37.8 Å². The first kappa shape index (κ1) is 18.2. The molecule has 3 saturated heterocycles. The molecule has 1 aromatic rings. The summed E-state index contributed by atoms with van der Waals surface area (Å²) in [5, 5.41) is 0. The largest absolute Gasteiger partial charge is 0.496 e. The Morgan fingerprint density at radius 3 is 2.00 bits per heavy atom. The van der Waals surface area contributed by atoms with Gasteiger partial charge in [-0.15, -0.1) is 0 Å². The molecule has 142 valence electrons. The topological polar surface area (TPSA) is 47.1 Å². The van der Waals surface area contributed by atoms with Gasteiger partial charge in [0.15, 0.2) is 0 Å². The summed E-state index contributed by atoms with van der Waals surface area (Å²) in [6, 6.07) is 4.17. The second-order valence-corrected chi connectivity index (χ2v) is 9.00. The maximum absolute atomic E-state index is 6.11. The molecule has 0 saturated carbocycles. The third-order valence-electron chi connectivity index (χ3n) is 6.49. The molecule has 0 bridgehead atoms. The molecule has 0 radical (unpaired) electrons. The lowest BCUT2D eigenvalue weighted by atomic mass is 9.80. The normalized spacial score (nSPS) is 27.4. The minimum Gasteiger partial charge on any atom is -0.399 e. The van der Waals surface area contributed by atoms with Crippen molar-refractivity contribution in [1.29, 1.82) is 0 Å². The fraction of sp³-hybridized carbons (Fsp3) is 0.737. The third kappa shape index (κ3) is 3.05. The zero-order chi connectivity index (χ0) is 18.6. The number of pyridine rings is 1. The first-order valence-electron chi connectivity index (χ1n) is 9.60. The first-order chi connectivity index (χ1) is 12.2. The second-order valence-electron chi connectivity index (χ2n) is 9.00. The Kier molecular flexibility index (Phi) is 4.34. The van der Waals surface area contributed by atoms with E-state index in [1.54, 1.807) is 0 Å². The molecule has 0 spiro atoms. The summed E-state index contributed by atoms with van der Waals surface area (Å²) in [5.41, 5.74) is 0.562. The Morgan fingerprint density at radius 1 is 0.923 bits per heavy atom. The van der Waals surface area contributed by atoms with Crippen LogP contribution in [0.4, 0.5) is 5.82 Å². The van der Waals surface area contributed by atoms with E-state index in [2.05, 4.69) is 61.5 Å². The van der Waals surface area contributed by atoms with Crippen LogP contribution in [0.3, 0.4) is 0 Å². The Balaban J connectivity index is 1.38. The molecule has 0 atom stereocenters. The van der Waals surface area contributed by atoms with Crippen LogP contribution < -0.4 is 10.4 Å². The van der Waals surface area contributed by atoms with Crippen LogP contribution >= 0.6 is 0 Å². The highest BCUT2D eigenvalue weighted by molar-refractivity contribution is 6.62. The van der Waals surface area contributed by atoms with Gasteiger partial charge in [-0.1, -0.05) is 6.07 Å². The van der Waals surface area contributed by atoms with E-state index in [0.717, 1.165) is 50.7 Å². The number of anilines is 1. The van der Waals surface area contributed by atoms with Crippen molar-refractivity contribution in [3.8, 4) is 0 Å². The van der Waals surface area contributed by atoms with Gasteiger partial charge in [0.1, 0.15) is 5.82 Å². The minimum absolute atomic E-state index is 0.236.